The van der Waals surface area contributed by atoms with Crippen LogP contribution in [0.1, 0.15) is 19.3 Å². The highest BCUT2D eigenvalue weighted by atomic mass is 32.2. The fraction of sp³-hybridized carbons (Fsp3) is 0.857. The molecule has 56 valence electrons. The second-order valence-electron chi connectivity index (χ2n) is 2.49. The van der Waals surface area contributed by atoms with E-state index >= 15 is 0 Å². The first-order chi connectivity index (χ1) is 4.88. The van der Waals surface area contributed by atoms with Crippen LogP contribution in [0.5, 0.6) is 0 Å². The Balaban J connectivity index is 2.49. The average molecular weight is 173 g/mol. The van der Waals surface area contributed by atoms with Crippen molar-refractivity contribution in [3.8, 4) is 0 Å². The van der Waals surface area contributed by atoms with Gasteiger partial charge < -0.3 is 0 Å². The summed E-state index contributed by atoms with van der Waals surface area (Å²) in [6.07, 6.45) is 5.94. The summed E-state index contributed by atoms with van der Waals surface area (Å²) in [7, 11) is 0. The van der Waals surface area contributed by atoms with Gasteiger partial charge in [-0.25, -0.2) is 4.99 Å². The number of thioether (sulfide) groups is 1. The Morgan fingerprint density at radius 3 is 3.00 bits per heavy atom. The zero-order valence-electron chi connectivity index (χ0n) is 6.04. The van der Waals surface area contributed by atoms with Crippen molar-refractivity contribution in [1.82, 2.24) is 0 Å². The highest BCUT2D eigenvalue weighted by Gasteiger charge is 2.25. The lowest BCUT2D eigenvalue weighted by Gasteiger charge is -2.09. The Hall–Kier alpha value is 0.150. The second kappa shape index (κ2) is 4.12. The van der Waals surface area contributed by atoms with Gasteiger partial charge in [-0.15, -0.1) is 0 Å². The van der Waals surface area contributed by atoms with Crippen LogP contribution in [-0.2, 0) is 0 Å². The molecule has 10 heavy (non-hydrogen) atoms. The molecule has 0 saturated heterocycles. The van der Waals surface area contributed by atoms with E-state index < -0.39 is 0 Å². The molecule has 0 aromatic heterocycles. The van der Waals surface area contributed by atoms with E-state index in [1.807, 2.05) is 11.8 Å². The molecule has 0 aromatic rings. The fourth-order valence-electron chi connectivity index (χ4n) is 1.40. The molecule has 1 rings (SSSR count). The molecular formula is C7H11NS2. The van der Waals surface area contributed by atoms with E-state index in [9.17, 15) is 0 Å². The number of isothiocyanates is 1. The Morgan fingerprint density at radius 1 is 1.60 bits per heavy atom. The molecule has 3 heteroatoms. The summed E-state index contributed by atoms with van der Waals surface area (Å²) in [5.74, 6) is 0. The third kappa shape index (κ3) is 1.82. The predicted molar refractivity (Wildman–Crippen MR) is 50.0 cm³/mol. The van der Waals surface area contributed by atoms with Crippen LogP contribution in [0.15, 0.2) is 4.99 Å². The van der Waals surface area contributed by atoms with E-state index in [4.69, 9.17) is 0 Å². The van der Waals surface area contributed by atoms with Gasteiger partial charge in [0, 0.05) is 5.25 Å². The SMILES string of the molecule is CSC1CCCC1N=C=S. The molecule has 0 heterocycles. The minimum absolute atomic E-state index is 0.465. The first-order valence-corrected chi connectivity index (χ1v) is 5.18. The molecule has 1 nitrogen and oxygen atoms in total. The van der Waals surface area contributed by atoms with Gasteiger partial charge in [0.2, 0.25) is 0 Å². The molecule has 2 unspecified atom stereocenters. The predicted octanol–water partition coefficient (Wildman–Crippen LogP) is 2.37. The number of hydrogen-bond donors (Lipinski definition) is 0. The van der Waals surface area contributed by atoms with Gasteiger partial charge in [0.15, 0.2) is 0 Å². The Bertz CT molecular complexity index is 152. The summed E-state index contributed by atoms with van der Waals surface area (Å²) in [5, 5.41) is 3.17. The largest absolute Gasteiger partial charge is 0.228 e. The third-order valence-corrected chi connectivity index (χ3v) is 3.20. The highest BCUT2D eigenvalue weighted by molar-refractivity contribution is 7.99. The van der Waals surface area contributed by atoms with Crippen LogP contribution < -0.4 is 0 Å². The lowest BCUT2D eigenvalue weighted by Crippen LogP contribution is -2.12. The zero-order chi connectivity index (χ0) is 7.40. The summed E-state index contributed by atoms with van der Waals surface area (Å²) < 4.78 is 0. The van der Waals surface area contributed by atoms with Crippen LogP contribution in [0.4, 0.5) is 0 Å². The molecule has 0 aliphatic heterocycles. The number of nitrogens with zero attached hydrogens (tertiary/aromatic N) is 1. The van der Waals surface area contributed by atoms with Crippen molar-refractivity contribution in [3.05, 3.63) is 0 Å². The van der Waals surface area contributed by atoms with E-state index in [0.29, 0.717) is 11.3 Å². The molecule has 0 radical (unpaired) electrons. The van der Waals surface area contributed by atoms with Gasteiger partial charge in [-0.05, 0) is 31.3 Å². The molecule has 1 fully saturated rings. The number of rotatable bonds is 2. The molecule has 0 N–H and O–H groups in total. The second-order valence-corrected chi connectivity index (χ2v) is 3.75. The maximum Gasteiger partial charge on any atom is 0.0721 e. The van der Waals surface area contributed by atoms with Gasteiger partial charge in [-0.2, -0.15) is 11.8 Å². The van der Waals surface area contributed by atoms with Gasteiger partial charge in [-0.1, -0.05) is 6.42 Å². The smallest absolute Gasteiger partial charge is 0.0721 e. The van der Waals surface area contributed by atoms with Gasteiger partial charge in [-0.3, -0.25) is 0 Å². The van der Waals surface area contributed by atoms with Gasteiger partial charge >= 0.3 is 0 Å². The molecule has 1 aliphatic carbocycles. The Morgan fingerprint density at radius 2 is 2.40 bits per heavy atom. The fourth-order valence-corrected chi connectivity index (χ4v) is 2.45. The lowest BCUT2D eigenvalue weighted by molar-refractivity contribution is 0.725. The first kappa shape index (κ1) is 8.25. The van der Waals surface area contributed by atoms with Crippen LogP contribution in [0.25, 0.3) is 0 Å². The van der Waals surface area contributed by atoms with E-state index in [0.717, 1.165) is 0 Å². The number of aliphatic imine (C=N–C) groups is 1. The van der Waals surface area contributed by atoms with Crippen molar-refractivity contribution in [1.29, 1.82) is 0 Å². The molecule has 0 amide bonds. The van der Waals surface area contributed by atoms with Crippen molar-refractivity contribution in [2.45, 2.75) is 30.6 Å². The van der Waals surface area contributed by atoms with Crippen molar-refractivity contribution in [2.75, 3.05) is 6.26 Å². The lowest BCUT2D eigenvalue weighted by atomic mass is 10.3. The Labute approximate surface area is 71.3 Å². The standard InChI is InChI=1S/C7H11NS2/c1-10-7-4-2-3-6(7)8-5-9/h6-7H,2-4H2,1H3. The van der Waals surface area contributed by atoms with Gasteiger partial charge in [0.25, 0.3) is 0 Å². The zero-order valence-corrected chi connectivity index (χ0v) is 7.67. The minimum Gasteiger partial charge on any atom is -0.228 e. The molecule has 1 aliphatic rings. The maximum absolute atomic E-state index is 4.56. The molecular weight excluding hydrogens is 162 g/mol. The van der Waals surface area contributed by atoms with Crippen LogP contribution in [0.3, 0.4) is 0 Å². The van der Waals surface area contributed by atoms with Gasteiger partial charge in [0.1, 0.15) is 0 Å². The number of thiocarbonyl (C=S) groups is 1. The summed E-state index contributed by atoms with van der Waals surface area (Å²) in [6.45, 7) is 0. The Kier molecular flexibility index (Phi) is 3.40. The van der Waals surface area contributed by atoms with E-state index in [1.165, 1.54) is 19.3 Å². The normalized spacial score (nSPS) is 31.7. The van der Waals surface area contributed by atoms with Crippen molar-refractivity contribution < 1.29 is 0 Å². The van der Waals surface area contributed by atoms with E-state index in [-0.39, 0.29) is 0 Å². The molecule has 0 aromatic carbocycles. The molecule has 2 atom stereocenters. The quantitative estimate of drug-likeness (QED) is 0.469. The number of hydrogen-bond acceptors (Lipinski definition) is 3. The molecule has 1 saturated carbocycles. The third-order valence-electron chi connectivity index (χ3n) is 1.94. The minimum atomic E-state index is 0.465. The van der Waals surface area contributed by atoms with Crippen LogP contribution in [0, 0.1) is 0 Å². The summed E-state index contributed by atoms with van der Waals surface area (Å²) in [4.78, 5) is 4.12. The van der Waals surface area contributed by atoms with E-state index in [1.54, 1.807) is 0 Å². The van der Waals surface area contributed by atoms with Gasteiger partial charge in [0.05, 0.1) is 11.2 Å². The first-order valence-electron chi connectivity index (χ1n) is 3.48. The maximum atomic E-state index is 4.56. The summed E-state index contributed by atoms with van der Waals surface area (Å²) in [5.41, 5.74) is 0. The molecule has 0 spiro atoms. The topological polar surface area (TPSA) is 12.4 Å². The summed E-state index contributed by atoms with van der Waals surface area (Å²) in [6, 6.07) is 0.465. The highest BCUT2D eigenvalue weighted by Crippen LogP contribution is 2.30. The van der Waals surface area contributed by atoms with Crippen molar-refractivity contribution in [2.24, 2.45) is 4.99 Å². The summed E-state index contributed by atoms with van der Waals surface area (Å²) >= 11 is 6.46. The average Bonchev–Trinajstić information content (AvgIpc) is 2.36. The van der Waals surface area contributed by atoms with Crippen molar-refractivity contribution in [3.63, 3.8) is 0 Å². The van der Waals surface area contributed by atoms with Crippen LogP contribution in [0.2, 0.25) is 0 Å². The monoisotopic (exact) mass is 173 g/mol. The van der Waals surface area contributed by atoms with E-state index in [2.05, 4.69) is 28.6 Å². The van der Waals surface area contributed by atoms with Crippen LogP contribution >= 0.6 is 24.0 Å². The molecule has 0 bridgehead atoms. The van der Waals surface area contributed by atoms with Crippen molar-refractivity contribution >= 4 is 29.1 Å². The van der Waals surface area contributed by atoms with Crippen LogP contribution in [-0.4, -0.2) is 22.7 Å².